The van der Waals surface area contributed by atoms with Crippen LogP contribution in [0.2, 0.25) is 0 Å². The van der Waals surface area contributed by atoms with Crippen LogP contribution in [0.15, 0.2) is 24.3 Å². The molecule has 0 spiro atoms. The number of rotatable bonds is 3. The van der Waals surface area contributed by atoms with Crippen LogP contribution in [0.5, 0.6) is 0 Å². The quantitative estimate of drug-likeness (QED) is 0.797. The van der Waals surface area contributed by atoms with Crippen molar-refractivity contribution in [2.24, 2.45) is 0 Å². The molecule has 1 aliphatic carbocycles. The highest BCUT2D eigenvalue weighted by molar-refractivity contribution is 14.1. The van der Waals surface area contributed by atoms with E-state index in [2.05, 4.69) is 66.0 Å². The highest BCUT2D eigenvalue weighted by atomic mass is 127. The van der Waals surface area contributed by atoms with Gasteiger partial charge in [-0.2, -0.15) is 0 Å². The second kappa shape index (κ2) is 5.91. The minimum Gasteiger partial charge on any atom is -0.372 e. The van der Waals surface area contributed by atoms with Crippen LogP contribution in [0, 0.1) is 3.57 Å². The molecular formula is C17H20IN3. The van der Waals surface area contributed by atoms with Crippen LogP contribution in [0.1, 0.15) is 48.3 Å². The van der Waals surface area contributed by atoms with Crippen molar-refractivity contribution in [1.29, 1.82) is 0 Å². The minimum absolute atomic E-state index is 0.406. The Hall–Kier alpha value is -1.17. The lowest BCUT2D eigenvalue weighted by Crippen LogP contribution is -2.12. The molecule has 3 rings (SSSR count). The van der Waals surface area contributed by atoms with Gasteiger partial charge in [-0.1, -0.05) is 38.1 Å². The summed E-state index contributed by atoms with van der Waals surface area (Å²) in [4.78, 5) is 9.66. The summed E-state index contributed by atoms with van der Waals surface area (Å²) in [6, 6.07) is 8.69. The monoisotopic (exact) mass is 393 g/mol. The number of halogens is 1. The highest BCUT2D eigenvalue weighted by Gasteiger charge is 2.26. The molecule has 1 aliphatic rings. The first kappa shape index (κ1) is 14.8. The lowest BCUT2D eigenvalue weighted by molar-refractivity contribution is 0.663. The molecule has 3 nitrogen and oxygen atoms in total. The van der Waals surface area contributed by atoms with Crippen LogP contribution >= 0.6 is 22.6 Å². The number of nitrogens with one attached hydrogen (secondary N) is 1. The van der Waals surface area contributed by atoms with Crippen LogP contribution in [0.25, 0.3) is 0 Å². The minimum atomic E-state index is 0.406. The smallest absolute Gasteiger partial charge is 0.143 e. The van der Waals surface area contributed by atoms with Crippen LogP contribution in [-0.4, -0.2) is 17.0 Å². The largest absolute Gasteiger partial charge is 0.372 e. The molecule has 0 saturated carbocycles. The molecule has 0 atom stereocenters. The van der Waals surface area contributed by atoms with E-state index >= 15 is 0 Å². The van der Waals surface area contributed by atoms with Gasteiger partial charge in [0, 0.05) is 13.0 Å². The van der Waals surface area contributed by atoms with Crippen molar-refractivity contribution in [2.75, 3.05) is 12.4 Å². The molecule has 1 N–H and O–H groups in total. The van der Waals surface area contributed by atoms with Gasteiger partial charge < -0.3 is 5.32 Å². The summed E-state index contributed by atoms with van der Waals surface area (Å²) >= 11 is 2.35. The summed E-state index contributed by atoms with van der Waals surface area (Å²) in [5, 5.41) is 3.22. The number of hydrogen-bond donors (Lipinski definition) is 1. The topological polar surface area (TPSA) is 37.8 Å². The molecule has 1 aromatic carbocycles. The Morgan fingerprint density at radius 1 is 1.14 bits per heavy atom. The van der Waals surface area contributed by atoms with Gasteiger partial charge in [0.15, 0.2) is 0 Å². The van der Waals surface area contributed by atoms with Gasteiger partial charge in [-0.3, -0.25) is 0 Å². The fourth-order valence-corrected chi connectivity index (χ4v) is 4.09. The molecule has 1 heterocycles. The first-order valence-corrected chi connectivity index (χ1v) is 8.50. The van der Waals surface area contributed by atoms with Crippen molar-refractivity contribution in [3.05, 3.63) is 50.5 Å². The molecule has 0 unspecified atom stereocenters. The third kappa shape index (κ3) is 2.78. The van der Waals surface area contributed by atoms with E-state index in [-0.39, 0.29) is 0 Å². The normalized spacial score (nSPS) is 14.5. The van der Waals surface area contributed by atoms with Gasteiger partial charge in [0.25, 0.3) is 0 Å². The molecule has 0 aliphatic heterocycles. The van der Waals surface area contributed by atoms with Gasteiger partial charge in [-0.05, 0) is 52.5 Å². The van der Waals surface area contributed by atoms with E-state index in [1.54, 1.807) is 0 Å². The summed E-state index contributed by atoms with van der Waals surface area (Å²) in [7, 11) is 1.93. The van der Waals surface area contributed by atoms with Gasteiger partial charge in [-0.15, -0.1) is 0 Å². The number of anilines is 1. The number of aromatic nitrogens is 2. The van der Waals surface area contributed by atoms with Crippen molar-refractivity contribution in [2.45, 2.75) is 38.5 Å². The number of nitrogens with zero attached hydrogens (tertiary/aromatic N) is 2. The molecule has 0 bridgehead atoms. The Kier molecular flexibility index (Phi) is 4.15. The standard InChI is InChI=1S/C17H20IN3/c1-10(2)15-14(18)17(19-3)21-16(20-15)13-8-11-6-4-5-7-12(11)9-13/h4-7,10,13H,8-9H2,1-3H3,(H,19,20,21). The van der Waals surface area contributed by atoms with E-state index in [0.717, 1.165) is 33.7 Å². The van der Waals surface area contributed by atoms with Crippen LogP contribution < -0.4 is 5.32 Å². The first-order valence-electron chi connectivity index (χ1n) is 7.42. The van der Waals surface area contributed by atoms with Crippen LogP contribution in [0.3, 0.4) is 0 Å². The fraction of sp³-hybridized carbons (Fsp3) is 0.412. The van der Waals surface area contributed by atoms with Crippen molar-refractivity contribution in [3.63, 3.8) is 0 Å². The summed E-state index contributed by atoms with van der Waals surface area (Å²) in [6.07, 6.45) is 2.11. The molecule has 0 fully saturated rings. The van der Waals surface area contributed by atoms with Gasteiger partial charge in [0.2, 0.25) is 0 Å². The lowest BCUT2D eigenvalue weighted by Gasteiger charge is -2.16. The average molecular weight is 393 g/mol. The number of fused-ring (bicyclic) bond motifs is 1. The Labute approximate surface area is 139 Å². The van der Waals surface area contributed by atoms with Crippen molar-refractivity contribution >= 4 is 28.4 Å². The predicted molar refractivity (Wildman–Crippen MR) is 95.0 cm³/mol. The fourth-order valence-electron chi connectivity index (χ4n) is 2.95. The average Bonchev–Trinajstić information content (AvgIpc) is 2.91. The van der Waals surface area contributed by atoms with Crippen molar-refractivity contribution in [3.8, 4) is 0 Å². The van der Waals surface area contributed by atoms with Crippen LogP contribution in [0.4, 0.5) is 5.82 Å². The van der Waals surface area contributed by atoms with Gasteiger partial charge in [0.05, 0.1) is 9.26 Å². The summed E-state index contributed by atoms with van der Waals surface area (Å²) in [5.41, 5.74) is 4.05. The zero-order valence-electron chi connectivity index (χ0n) is 12.7. The molecule has 2 aromatic rings. The molecule has 0 radical (unpaired) electrons. The maximum atomic E-state index is 4.89. The second-order valence-corrected chi connectivity index (χ2v) is 6.99. The first-order chi connectivity index (χ1) is 10.1. The molecule has 0 amide bonds. The zero-order valence-corrected chi connectivity index (χ0v) is 14.8. The molecule has 21 heavy (non-hydrogen) atoms. The van der Waals surface area contributed by atoms with E-state index in [9.17, 15) is 0 Å². The molecule has 1 aromatic heterocycles. The Morgan fingerprint density at radius 3 is 2.29 bits per heavy atom. The van der Waals surface area contributed by atoms with Crippen molar-refractivity contribution in [1.82, 2.24) is 9.97 Å². The third-order valence-corrected chi connectivity index (χ3v) is 5.16. The van der Waals surface area contributed by atoms with Gasteiger partial charge >= 0.3 is 0 Å². The Morgan fingerprint density at radius 2 is 1.76 bits per heavy atom. The lowest BCUT2D eigenvalue weighted by atomic mass is 10.0. The number of benzene rings is 1. The van der Waals surface area contributed by atoms with Crippen molar-refractivity contribution < 1.29 is 0 Å². The predicted octanol–water partition coefficient (Wildman–Crippen LogP) is 4.13. The highest BCUT2D eigenvalue weighted by Crippen LogP contribution is 2.34. The Balaban J connectivity index is 1.99. The summed E-state index contributed by atoms with van der Waals surface area (Å²) < 4.78 is 1.14. The second-order valence-electron chi connectivity index (χ2n) is 5.91. The molecular weight excluding hydrogens is 373 g/mol. The van der Waals surface area contributed by atoms with Gasteiger partial charge in [0.1, 0.15) is 11.6 Å². The van der Waals surface area contributed by atoms with E-state index in [1.165, 1.54) is 11.1 Å². The molecule has 110 valence electrons. The third-order valence-electron chi connectivity index (χ3n) is 4.09. The van der Waals surface area contributed by atoms with E-state index in [1.807, 2.05) is 7.05 Å². The van der Waals surface area contributed by atoms with E-state index < -0.39 is 0 Å². The zero-order chi connectivity index (χ0) is 15.0. The SMILES string of the molecule is CNc1nc(C2Cc3ccccc3C2)nc(C(C)C)c1I. The maximum Gasteiger partial charge on any atom is 0.143 e. The summed E-state index contributed by atoms with van der Waals surface area (Å²) in [6.45, 7) is 4.38. The van der Waals surface area contributed by atoms with E-state index in [4.69, 9.17) is 9.97 Å². The molecule has 0 saturated heterocycles. The summed E-state index contributed by atoms with van der Waals surface area (Å²) in [5.74, 6) is 2.76. The van der Waals surface area contributed by atoms with Crippen LogP contribution in [-0.2, 0) is 12.8 Å². The van der Waals surface area contributed by atoms with Gasteiger partial charge in [-0.25, -0.2) is 9.97 Å². The Bertz CT molecular complexity index is 642. The maximum absolute atomic E-state index is 4.89. The molecule has 4 heteroatoms. The number of hydrogen-bond acceptors (Lipinski definition) is 3. The van der Waals surface area contributed by atoms with E-state index in [0.29, 0.717) is 11.8 Å².